The summed E-state index contributed by atoms with van der Waals surface area (Å²) in [6, 6.07) is 0. The maximum Gasteiger partial charge on any atom is 0.0707 e. The van der Waals surface area contributed by atoms with Crippen LogP contribution in [0.2, 0.25) is 0 Å². The van der Waals surface area contributed by atoms with Crippen molar-refractivity contribution in [1.29, 1.82) is 0 Å². The maximum absolute atomic E-state index is 9.43. The average molecular weight is 155 g/mol. The van der Waals surface area contributed by atoms with Crippen molar-refractivity contribution in [3.05, 3.63) is 12.2 Å². The number of allylic oxidation sites excluding steroid dienone is 1. The van der Waals surface area contributed by atoms with E-state index in [4.69, 9.17) is 0 Å². The topological polar surface area (TPSA) is 32.3 Å². The Morgan fingerprint density at radius 1 is 1.64 bits per heavy atom. The molecule has 11 heavy (non-hydrogen) atoms. The fourth-order valence-electron chi connectivity index (χ4n) is 1.44. The molecule has 1 fully saturated rings. The van der Waals surface area contributed by atoms with Crippen LogP contribution >= 0.6 is 0 Å². The second-order valence-corrected chi connectivity index (χ2v) is 3.29. The summed E-state index contributed by atoms with van der Waals surface area (Å²) >= 11 is 0. The van der Waals surface area contributed by atoms with Crippen molar-refractivity contribution in [2.45, 2.75) is 25.9 Å². The molecule has 0 aromatic heterocycles. The molecule has 0 aliphatic carbocycles. The highest BCUT2D eigenvalue weighted by Crippen LogP contribution is 2.18. The van der Waals surface area contributed by atoms with Gasteiger partial charge in [-0.1, -0.05) is 19.1 Å². The second kappa shape index (κ2) is 3.88. The summed E-state index contributed by atoms with van der Waals surface area (Å²) in [5, 5.41) is 12.6. The largest absolute Gasteiger partial charge is 0.391 e. The summed E-state index contributed by atoms with van der Waals surface area (Å²) < 4.78 is 0. The van der Waals surface area contributed by atoms with Gasteiger partial charge in [-0.15, -0.1) is 0 Å². The van der Waals surface area contributed by atoms with Crippen molar-refractivity contribution in [2.24, 2.45) is 5.92 Å². The van der Waals surface area contributed by atoms with Crippen LogP contribution in [-0.4, -0.2) is 24.3 Å². The smallest absolute Gasteiger partial charge is 0.0707 e. The molecule has 0 spiro atoms. The number of nitrogens with one attached hydrogen (secondary N) is 1. The first-order chi connectivity index (χ1) is 5.24. The second-order valence-electron chi connectivity index (χ2n) is 3.29. The van der Waals surface area contributed by atoms with E-state index in [2.05, 4.69) is 18.8 Å². The Morgan fingerprint density at radius 3 is 2.82 bits per heavy atom. The van der Waals surface area contributed by atoms with Gasteiger partial charge in [-0.3, -0.25) is 0 Å². The van der Waals surface area contributed by atoms with Gasteiger partial charge < -0.3 is 10.4 Å². The molecule has 0 aromatic rings. The van der Waals surface area contributed by atoms with Gasteiger partial charge in [0.05, 0.1) is 6.10 Å². The first-order valence-electron chi connectivity index (χ1n) is 4.29. The molecule has 2 N–H and O–H groups in total. The zero-order valence-corrected chi connectivity index (χ0v) is 7.14. The lowest BCUT2D eigenvalue weighted by Crippen LogP contribution is -2.18. The van der Waals surface area contributed by atoms with Crippen molar-refractivity contribution in [2.75, 3.05) is 13.1 Å². The predicted octanol–water partition coefficient (Wildman–Crippen LogP) is 0.923. The number of aliphatic hydroxyl groups excluding tert-OH is 1. The van der Waals surface area contributed by atoms with E-state index in [1.165, 1.54) is 5.57 Å². The molecule has 1 heterocycles. The Bertz CT molecular complexity index is 144. The third-order valence-corrected chi connectivity index (χ3v) is 2.36. The van der Waals surface area contributed by atoms with Gasteiger partial charge in [0, 0.05) is 19.0 Å². The number of aliphatic hydroxyl groups is 1. The van der Waals surface area contributed by atoms with Crippen LogP contribution in [0, 0.1) is 5.92 Å². The molecule has 0 bridgehead atoms. The van der Waals surface area contributed by atoms with E-state index in [0.717, 1.165) is 25.9 Å². The lowest BCUT2D eigenvalue weighted by molar-refractivity contribution is 0.147. The number of hydrogen-bond donors (Lipinski definition) is 2. The molecule has 0 amide bonds. The highest BCUT2D eigenvalue weighted by Gasteiger charge is 2.24. The minimum absolute atomic E-state index is 0.154. The maximum atomic E-state index is 9.43. The van der Waals surface area contributed by atoms with Gasteiger partial charge in [0.15, 0.2) is 0 Å². The predicted molar refractivity (Wildman–Crippen MR) is 46.4 cm³/mol. The van der Waals surface area contributed by atoms with E-state index in [-0.39, 0.29) is 6.10 Å². The lowest BCUT2D eigenvalue weighted by atomic mass is 9.96. The third kappa shape index (κ3) is 2.31. The highest BCUT2D eigenvalue weighted by atomic mass is 16.3. The fraction of sp³-hybridized carbons (Fsp3) is 0.778. The van der Waals surface area contributed by atoms with E-state index in [1.807, 2.05) is 0 Å². The van der Waals surface area contributed by atoms with Gasteiger partial charge in [-0.05, 0) is 12.8 Å². The van der Waals surface area contributed by atoms with E-state index in [9.17, 15) is 5.11 Å². The number of β-amino-alcohol motifs (C(OH)–C–C–N with tert-alkyl or cyclic N) is 1. The lowest BCUT2D eigenvalue weighted by Gasteiger charge is -2.13. The Kier molecular flexibility index (Phi) is 3.09. The van der Waals surface area contributed by atoms with Gasteiger partial charge in [0.2, 0.25) is 0 Å². The average Bonchev–Trinajstić information content (AvgIpc) is 2.37. The summed E-state index contributed by atoms with van der Waals surface area (Å²) in [6.45, 7) is 7.74. The van der Waals surface area contributed by atoms with Gasteiger partial charge in [0.25, 0.3) is 0 Å². The summed E-state index contributed by atoms with van der Waals surface area (Å²) in [5.41, 5.74) is 1.25. The van der Waals surface area contributed by atoms with Crippen LogP contribution in [0.4, 0.5) is 0 Å². The first-order valence-corrected chi connectivity index (χ1v) is 4.29. The van der Waals surface area contributed by atoms with Gasteiger partial charge >= 0.3 is 0 Å². The quantitative estimate of drug-likeness (QED) is 0.594. The van der Waals surface area contributed by atoms with E-state index < -0.39 is 0 Å². The molecule has 0 aromatic carbocycles. The van der Waals surface area contributed by atoms with Crippen LogP contribution in [0.3, 0.4) is 0 Å². The van der Waals surface area contributed by atoms with Crippen molar-refractivity contribution >= 4 is 0 Å². The van der Waals surface area contributed by atoms with Gasteiger partial charge in [-0.25, -0.2) is 0 Å². The van der Waals surface area contributed by atoms with Crippen LogP contribution < -0.4 is 5.32 Å². The van der Waals surface area contributed by atoms with Crippen LogP contribution in [0.25, 0.3) is 0 Å². The minimum atomic E-state index is -0.154. The number of rotatable bonds is 3. The van der Waals surface area contributed by atoms with Crippen molar-refractivity contribution in [3.63, 3.8) is 0 Å². The van der Waals surface area contributed by atoms with Crippen LogP contribution in [-0.2, 0) is 0 Å². The Balaban J connectivity index is 2.30. The molecule has 1 saturated heterocycles. The summed E-state index contributed by atoms with van der Waals surface area (Å²) in [4.78, 5) is 0. The third-order valence-electron chi connectivity index (χ3n) is 2.36. The molecular formula is C9H17NO. The highest BCUT2D eigenvalue weighted by molar-refractivity contribution is 4.98. The van der Waals surface area contributed by atoms with Crippen molar-refractivity contribution in [3.8, 4) is 0 Å². The molecule has 2 atom stereocenters. The molecule has 2 nitrogen and oxygen atoms in total. The minimum Gasteiger partial charge on any atom is -0.391 e. The van der Waals surface area contributed by atoms with Crippen LogP contribution in [0.15, 0.2) is 12.2 Å². The zero-order valence-electron chi connectivity index (χ0n) is 7.14. The van der Waals surface area contributed by atoms with Gasteiger partial charge in [0.1, 0.15) is 0 Å². The molecule has 64 valence electrons. The summed E-state index contributed by atoms with van der Waals surface area (Å²) in [7, 11) is 0. The fourth-order valence-corrected chi connectivity index (χ4v) is 1.44. The van der Waals surface area contributed by atoms with E-state index >= 15 is 0 Å². The normalized spacial score (nSPS) is 30.7. The molecule has 0 unspecified atom stereocenters. The van der Waals surface area contributed by atoms with E-state index in [1.54, 1.807) is 0 Å². The zero-order chi connectivity index (χ0) is 8.27. The molecular weight excluding hydrogens is 138 g/mol. The first kappa shape index (κ1) is 8.75. The van der Waals surface area contributed by atoms with Gasteiger partial charge in [-0.2, -0.15) is 0 Å². The summed E-state index contributed by atoms with van der Waals surface area (Å²) in [6.07, 6.45) is 1.85. The van der Waals surface area contributed by atoms with Crippen LogP contribution in [0.5, 0.6) is 0 Å². The van der Waals surface area contributed by atoms with Crippen molar-refractivity contribution < 1.29 is 5.11 Å². The van der Waals surface area contributed by atoms with Crippen LogP contribution in [0.1, 0.15) is 19.8 Å². The molecule has 2 heteroatoms. The Hall–Kier alpha value is -0.340. The monoisotopic (exact) mass is 155 g/mol. The Labute approximate surface area is 68.3 Å². The summed E-state index contributed by atoms with van der Waals surface area (Å²) in [5.74, 6) is 0.405. The SMILES string of the molecule is C=C(CC)C[C@@H]1CNC[C@H]1O. The molecule has 1 aliphatic rings. The molecule has 0 radical (unpaired) electrons. The Morgan fingerprint density at radius 2 is 2.36 bits per heavy atom. The molecule has 0 saturated carbocycles. The number of hydrogen-bond acceptors (Lipinski definition) is 2. The molecule has 1 rings (SSSR count). The molecule has 1 aliphatic heterocycles. The standard InChI is InChI=1S/C9H17NO/c1-3-7(2)4-8-5-10-6-9(8)11/h8-11H,2-6H2,1H3/t8-,9-/m1/s1. The van der Waals surface area contributed by atoms with E-state index in [0.29, 0.717) is 5.92 Å². The van der Waals surface area contributed by atoms with Crippen molar-refractivity contribution in [1.82, 2.24) is 5.32 Å².